The average molecular weight is 396 g/mol. The van der Waals surface area contributed by atoms with Crippen molar-refractivity contribution in [3.8, 4) is 0 Å². The summed E-state index contributed by atoms with van der Waals surface area (Å²) in [4.78, 5) is 61.3. The Morgan fingerprint density at radius 3 is 2.18 bits per heavy atom. The van der Waals surface area contributed by atoms with Crippen molar-refractivity contribution in [2.45, 2.75) is 57.9 Å². The van der Waals surface area contributed by atoms with Gasteiger partial charge in [-0.3, -0.25) is 24.0 Å². The van der Waals surface area contributed by atoms with Gasteiger partial charge in [0.05, 0.1) is 19.1 Å². The maximum absolute atomic E-state index is 12.4. The standard InChI is InChI=1S/C19H32N4O5/c1-4-8-14(22-18(27)13-9-6-5-7-10-13)17(26)19(28)21-11-15(24)20-12-16(25)23(2)3/h13-14H,4-12H2,1-3H3,(H,20,24)(H,21,28)(H,22,27)/t14-/m0/s1. The lowest BCUT2D eigenvalue weighted by Crippen LogP contribution is -2.50. The maximum Gasteiger partial charge on any atom is 0.290 e. The number of carbonyl (C=O) groups excluding carboxylic acids is 5. The van der Waals surface area contributed by atoms with Crippen molar-refractivity contribution in [2.24, 2.45) is 5.92 Å². The van der Waals surface area contributed by atoms with Crippen molar-refractivity contribution in [2.75, 3.05) is 27.2 Å². The highest BCUT2D eigenvalue weighted by Crippen LogP contribution is 2.23. The Morgan fingerprint density at radius 2 is 1.61 bits per heavy atom. The molecule has 1 atom stereocenters. The Bertz CT molecular complexity index is 585. The van der Waals surface area contributed by atoms with Gasteiger partial charge in [-0.05, 0) is 19.3 Å². The fraction of sp³-hybridized carbons (Fsp3) is 0.737. The third-order valence-corrected chi connectivity index (χ3v) is 4.76. The van der Waals surface area contributed by atoms with Crippen molar-refractivity contribution in [1.29, 1.82) is 0 Å². The van der Waals surface area contributed by atoms with E-state index in [1.54, 1.807) is 14.1 Å². The molecule has 0 radical (unpaired) electrons. The van der Waals surface area contributed by atoms with Crippen LogP contribution in [0.15, 0.2) is 0 Å². The molecule has 0 aromatic rings. The molecule has 158 valence electrons. The number of ketones is 1. The number of likely N-dealkylation sites (N-methyl/N-ethyl adjacent to an activating group) is 1. The van der Waals surface area contributed by atoms with Crippen LogP contribution in [-0.4, -0.2) is 67.5 Å². The number of nitrogens with one attached hydrogen (secondary N) is 3. The van der Waals surface area contributed by atoms with Gasteiger partial charge in [0.2, 0.25) is 23.5 Å². The number of amides is 4. The Hall–Kier alpha value is -2.45. The van der Waals surface area contributed by atoms with Crippen LogP contribution in [0.25, 0.3) is 0 Å². The van der Waals surface area contributed by atoms with E-state index in [9.17, 15) is 24.0 Å². The number of rotatable bonds is 10. The second kappa shape index (κ2) is 12.1. The van der Waals surface area contributed by atoms with E-state index in [-0.39, 0.29) is 24.3 Å². The van der Waals surface area contributed by atoms with E-state index in [2.05, 4.69) is 16.0 Å². The SMILES string of the molecule is CCC[C@H](NC(=O)C1CCCCC1)C(=O)C(=O)NCC(=O)NCC(=O)N(C)C. The quantitative estimate of drug-likeness (QED) is 0.439. The predicted molar refractivity (Wildman–Crippen MR) is 103 cm³/mol. The minimum Gasteiger partial charge on any atom is -0.347 e. The molecule has 0 heterocycles. The van der Waals surface area contributed by atoms with E-state index >= 15 is 0 Å². The molecular weight excluding hydrogens is 364 g/mol. The van der Waals surface area contributed by atoms with Crippen LogP contribution in [0.5, 0.6) is 0 Å². The Labute approximate surface area is 166 Å². The Morgan fingerprint density at radius 1 is 0.964 bits per heavy atom. The summed E-state index contributed by atoms with van der Waals surface area (Å²) >= 11 is 0. The molecule has 0 unspecified atom stereocenters. The highest BCUT2D eigenvalue weighted by Gasteiger charge is 2.29. The highest BCUT2D eigenvalue weighted by atomic mass is 16.2. The van der Waals surface area contributed by atoms with Crippen LogP contribution in [0.4, 0.5) is 0 Å². The number of carbonyl (C=O) groups is 5. The number of hydrogen-bond donors (Lipinski definition) is 3. The first-order chi connectivity index (χ1) is 13.3. The second-order valence-corrected chi connectivity index (χ2v) is 7.30. The third-order valence-electron chi connectivity index (χ3n) is 4.76. The molecule has 0 aromatic heterocycles. The molecule has 1 aliphatic carbocycles. The van der Waals surface area contributed by atoms with E-state index < -0.39 is 30.2 Å². The summed E-state index contributed by atoms with van der Waals surface area (Å²) in [5, 5.41) is 7.32. The summed E-state index contributed by atoms with van der Waals surface area (Å²) in [7, 11) is 3.12. The molecule has 0 aliphatic heterocycles. The maximum atomic E-state index is 12.4. The molecule has 1 rings (SSSR count). The topological polar surface area (TPSA) is 125 Å². The van der Waals surface area contributed by atoms with Gasteiger partial charge in [0.1, 0.15) is 0 Å². The van der Waals surface area contributed by atoms with Crippen LogP contribution in [0, 0.1) is 5.92 Å². The fourth-order valence-corrected chi connectivity index (χ4v) is 3.01. The minimum atomic E-state index is -0.920. The number of hydrogen-bond acceptors (Lipinski definition) is 5. The van der Waals surface area contributed by atoms with Gasteiger partial charge in [-0.2, -0.15) is 0 Å². The first kappa shape index (κ1) is 23.6. The summed E-state index contributed by atoms with van der Waals surface area (Å²) in [5.74, 6) is -2.83. The van der Waals surface area contributed by atoms with Gasteiger partial charge in [0.25, 0.3) is 5.91 Å². The minimum absolute atomic E-state index is 0.107. The third kappa shape index (κ3) is 8.06. The van der Waals surface area contributed by atoms with Gasteiger partial charge in [0.15, 0.2) is 0 Å². The molecular formula is C19H32N4O5. The predicted octanol–water partition coefficient (Wildman–Crippen LogP) is -0.259. The summed E-state index contributed by atoms with van der Waals surface area (Å²) in [6, 6.07) is -0.891. The smallest absolute Gasteiger partial charge is 0.290 e. The van der Waals surface area contributed by atoms with Gasteiger partial charge in [-0.15, -0.1) is 0 Å². The molecule has 9 heteroatoms. The van der Waals surface area contributed by atoms with Gasteiger partial charge < -0.3 is 20.9 Å². The van der Waals surface area contributed by atoms with E-state index in [4.69, 9.17) is 0 Å². The molecule has 28 heavy (non-hydrogen) atoms. The van der Waals surface area contributed by atoms with Crippen molar-refractivity contribution >= 4 is 29.4 Å². The van der Waals surface area contributed by atoms with E-state index in [1.165, 1.54) is 4.90 Å². The summed E-state index contributed by atoms with van der Waals surface area (Å²) in [6.45, 7) is 1.26. The van der Waals surface area contributed by atoms with E-state index in [1.807, 2.05) is 6.92 Å². The molecule has 1 fully saturated rings. The van der Waals surface area contributed by atoms with E-state index in [0.717, 1.165) is 32.1 Å². The number of nitrogens with zero attached hydrogens (tertiary/aromatic N) is 1. The van der Waals surface area contributed by atoms with Crippen molar-refractivity contribution in [3.63, 3.8) is 0 Å². The lowest BCUT2D eigenvalue weighted by atomic mass is 9.88. The van der Waals surface area contributed by atoms with Crippen LogP contribution in [0.1, 0.15) is 51.9 Å². The first-order valence-electron chi connectivity index (χ1n) is 9.85. The van der Waals surface area contributed by atoms with Crippen molar-refractivity contribution in [3.05, 3.63) is 0 Å². The first-order valence-corrected chi connectivity index (χ1v) is 9.85. The van der Waals surface area contributed by atoms with Crippen molar-refractivity contribution < 1.29 is 24.0 Å². The molecule has 3 N–H and O–H groups in total. The normalized spacial score (nSPS) is 15.2. The summed E-state index contributed by atoms with van der Waals surface area (Å²) < 4.78 is 0. The lowest BCUT2D eigenvalue weighted by Gasteiger charge is -2.24. The fourth-order valence-electron chi connectivity index (χ4n) is 3.01. The van der Waals surface area contributed by atoms with Gasteiger partial charge in [0, 0.05) is 20.0 Å². The molecule has 9 nitrogen and oxygen atoms in total. The average Bonchev–Trinajstić information content (AvgIpc) is 2.69. The molecule has 1 saturated carbocycles. The van der Waals surface area contributed by atoms with Gasteiger partial charge in [-0.25, -0.2) is 0 Å². The number of Topliss-reactive ketones (excluding diaryl/α,β-unsaturated/α-hetero) is 1. The second-order valence-electron chi connectivity index (χ2n) is 7.30. The zero-order valence-corrected chi connectivity index (χ0v) is 17.0. The van der Waals surface area contributed by atoms with Crippen LogP contribution in [-0.2, 0) is 24.0 Å². The van der Waals surface area contributed by atoms with Crippen LogP contribution >= 0.6 is 0 Å². The van der Waals surface area contributed by atoms with Crippen LogP contribution < -0.4 is 16.0 Å². The van der Waals surface area contributed by atoms with Crippen molar-refractivity contribution in [1.82, 2.24) is 20.9 Å². The molecule has 4 amide bonds. The zero-order valence-electron chi connectivity index (χ0n) is 17.0. The molecule has 0 saturated heterocycles. The summed E-state index contributed by atoms with van der Waals surface area (Å²) in [6.07, 6.45) is 5.70. The van der Waals surface area contributed by atoms with Gasteiger partial charge in [-0.1, -0.05) is 32.6 Å². The van der Waals surface area contributed by atoms with E-state index in [0.29, 0.717) is 12.8 Å². The Kier molecular flexibility index (Phi) is 10.2. The Balaban J connectivity index is 2.49. The molecule has 0 spiro atoms. The summed E-state index contributed by atoms with van der Waals surface area (Å²) in [5.41, 5.74) is 0. The zero-order chi connectivity index (χ0) is 21.1. The van der Waals surface area contributed by atoms with Crippen LogP contribution in [0.3, 0.4) is 0 Å². The lowest BCUT2D eigenvalue weighted by molar-refractivity contribution is -0.141. The molecule has 0 aromatic carbocycles. The highest BCUT2D eigenvalue weighted by molar-refractivity contribution is 6.38. The van der Waals surface area contributed by atoms with Crippen LogP contribution in [0.2, 0.25) is 0 Å². The molecule has 0 bridgehead atoms. The van der Waals surface area contributed by atoms with Gasteiger partial charge >= 0.3 is 0 Å². The molecule has 1 aliphatic rings. The monoisotopic (exact) mass is 396 g/mol. The largest absolute Gasteiger partial charge is 0.347 e.